The Morgan fingerprint density at radius 3 is 2.57 bits per heavy atom. The molecule has 0 saturated carbocycles. The first-order valence-electron chi connectivity index (χ1n) is 7.26. The van der Waals surface area contributed by atoms with Gasteiger partial charge in [0.25, 0.3) is 11.8 Å². The lowest BCUT2D eigenvalue weighted by atomic mass is 10.1. The van der Waals surface area contributed by atoms with Gasteiger partial charge in [0.15, 0.2) is 0 Å². The van der Waals surface area contributed by atoms with Gasteiger partial charge in [-0.05, 0) is 43.7 Å². The van der Waals surface area contributed by atoms with Crippen LogP contribution in [0.3, 0.4) is 0 Å². The van der Waals surface area contributed by atoms with Gasteiger partial charge in [0, 0.05) is 10.9 Å². The average molecular weight is 307 g/mol. The van der Waals surface area contributed by atoms with Crippen LogP contribution in [-0.4, -0.2) is 16.8 Å². The third-order valence-electron chi connectivity index (χ3n) is 3.88. The van der Waals surface area contributed by atoms with Gasteiger partial charge in [-0.3, -0.25) is 9.59 Å². The van der Waals surface area contributed by atoms with Crippen LogP contribution in [0.5, 0.6) is 0 Å². The zero-order valence-corrected chi connectivity index (χ0v) is 12.9. The van der Waals surface area contributed by atoms with Crippen molar-refractivity contribution in [3.63, 3.8) is 0 Å². The summed E-state index contributed by atoms with van der Waals surface area (Å²) in [7, 11) is 0. The molecule has 0 saturated heterocycles. The van der Waals surface area contributed by atoms with Crippen LogP contribution in [0.4, 0.5) is 5.69 Å². The Morgan fingerprint density at radius 1 is 1.09 bits per heavy atom. The minimum Gasteiger partial charge on any atom is -0.366 e. The van der Waals surface area contributed by atoms with Crippen LogP contribution in [0.2, 0.25) is 0 Å². The Morgan fingerprint density at radius 2 is 1.83 bits per heavy atom. The van der Waals surface area contributed by atoms with Crippen LogP contribution in [0.1, 0.15) is 32.0 Å². The number of nitrogens with one attached hydrogen (secondary N) is 2. The number of aromatic amines is 1. The normalized spacial score (nSPS) is 10.7. The highest BCUT2D eigenvalue weighted by molar-refractivity contribution is 6.10. The minimum atomic E-state index is -0.579. The molecule has 4 N–H and O–H groups in total. The first-order chi connectivity index (χ1) is 11.0. The molecular weight excluding hydrogens is 290 g/mol. The number of H-pyrrole nitrogens is 1. The number of nitrogens with two attached hydrogens (primary N) is 1. The van der Waals surface area contributed by atoms with Crippen molar-refractivity contribution in [3.8, 4) is 0 Å². The molecule has 0 bridgehead atoms. The van der Waals surface area contributed by atoms with Crippen LogP contribution in [-0.2, 0) is 0 Å². The van der Waals surface area contributed by atoms with Crippen molar-refractivity contribution in [2.75, 3.05) is 5.32 Å². The molecule has 2 aromatic carbocycles. The number of amides is 2. The highest BCUT2D eigenvalue weighted by atomic mass is 16.2. The molecule has 1 heterocycles. The smallest absolute Gasteiger partial charge is 0.272 e. The lowest BCUT2D eigenvalue weighted by molar-refractivity contribution is 0.100. The summed E-state index contributed by atoms with van der Waals surface area (Å²) in [5.74, 6) is -0.880. The van der Waals surface area contributed by atoms with E-state index in [4.69, 9.17) is 5.73 Å². The molecule has 3 aromatic rings. The summed E-state index contributed by atoms with van der Waals surface area (Å²) in [6, 6.07) is 12.7. The third kappa shape index (κ3) is 2.68. The summed E-state index contributed by atoms with van der Waals surface area (Å²) >= 11 is 0. The van der Waals surface area contributed by atoms with Gasteiger partial charge in [-0.25, -0.2) is 0 Å². The van der Waals surface area contributed by atoms with E-state index in [1.807, 2.05) is 32.0 Å². The van der Waals surface area contributed by atoms with Crippen molar-refractivity contribution in [3.05, 3.63) is 64.8 Å². The fourth-order valence-corrected chi connectivity index (χ4v) is 2.66. The molecule has 0 atom stereocenters. The van der Waals surface area contributed by atoms with Gasteiger partial charge in [-0.15, -0.1) is 0 Å². The van der Waals surface area contributed by atoms with Crippen molar-refractivity contribution in [2.45, 2.75) is 13.8 Å². The van der Waals surface area contributed by atoms with Crippen LogP contribution >= 0.6 is 0 Å². The van der Waals surface area contributed by atoms with Gasteiger partial charge in [0.1, 0.15) is 5.69 Å². The lowest BCUT2D eigenvalue weighted by Gasteiger charge is -2.08. The van der Waals surface area contributed by atoms with Crippen LogP contribution in [0.25, 0.3) is 10.9 Å². The van der Waals surface area contributed by atoms with Gasteiger partial charge in [-0.2, -0.15) is 0 Å². The van der Waals surface area contributed by atoms with E-state index in [2.05, 4.69) is 10.3 Å². The Bertz CT molecular complexity index is 925. The standard InChI is InChI=1S/C18H17N3O2/c1-10-7-8-15-13(9-10)11(2)16(20-15)18(23)21-14-6-4-3-5-12(14)17(19)22/h3-9,20H,1-2H3,(H2,19,22)(H,21,23). The first kappa shape index (κ1) is 14.8. The number of aromatic nitrogens is 1. The van der Waals surface area contributed by atoms with Crippen LogP contribution < -0.4 is 11.1 Å². The number of para-hydroxylation sites is 1. The number of benzene rings is 2. The third-order valence-corrected chi connectivity index (χ3v) is 3.88. The number of hydrogen-bond acceptors (Lipinski definition) is 2. The molecular formula is C18H17N3O2. The molecule has 0 aliphatic carbocycles. The van der Waals surface area contributed by atoms with Crippen molar-refractivity contribution < 1.29 is 9.59 Å². The molecule has 5 nitrogen and oxygen atoms in total. The maximum atomic E-state index is 12.6. The van der Waals surface area contributed by atoms with Crippen LogP contribution in [0.15, 0.2) is 42.5 Å². The number of anilines is 1. The van der Waals surface area contributed by atoms with Crippen LogP contribution in [0, 0.1) is 13.8 Å². The van der Waals surface area contributed by atoms with Crippen molar-refractivity contribution in [1.29, 1.82) is 0 Å². The van der Waals surface area contributed by atoms with E-state index in [1.54, 1.807) is 24.3 Å². The molecule has 3 rings (SSSR count). The summed E-state index contributed by atoms with van der Waals surface area (Å²) in [5.41, 5.74) is 9.41. The Hall–Kier alpha value is -3.08. The van der Waals surface area contributed by atoms with Crippen molar-refractivity contribution >= 4 is 28.4 Å². The molecule has 23 heavy (non-hydrogen) atoms. The van der Waals surface area contributed by atoms with E-state index in [0.29, 0.717) is 11.4 Å². The largest absolute Gasteiger partial charge is 0.366 e. The summed E-state index contributed by atoms with van der Waals surface area (Å²) in [6.07, 6.45) is 0. The predicted molar refractivity (Wildman–Crippen MR) is 90.7 cm³/mol. The molecule has 1 aromatic heterocycles. The number of carbonyl (C=O) groups is 2. The molecule has 0 radical (unpaired) electrons. The van der Waals surface area contributed by atoms with Gasteiger partial charge < -0.3 is 16.0 Å². The number of aryl methyl sites for hydroxylation is 2. The molecule has 0 unspecified atom stereocenters. The maximum absolute atomic E-state index is 12.6. The number of carbonyl (C=O) groups excluding carboxylic acids is 2. The first-order valence-corrected chi connectivity index (χ1v) is 7.26. The molecule has 116 valence electrons. The van der Waals surface area contributed by atoms with Crippen molar-refractivity contribution in [2.24, 2.45) is 5.73 Å². The van der Waals surface area contributed by atoms with Gasteiger partial charge in [-0.1, -0.05) is 23.8 Å². The Balaban J connectivity index is 1.99. The predicted octanol–water partition coefficient (Wildman–Crippen LogP) is 3.14. The van der Waals surface area contributed by atoms with Gasteiger partial charge >= 0.3 is 0 Å². The molecule has 0 spiro atoms. The second-order valence-electron chi connectivity index (χ2n) is 5.54. The summed E-state index contributed by atoms with van der Waals surface area (Å²) in [4.78, 5) is 27.1. The topological polar surface area (TPSA) is 88.0 Å². The fourth-order valence-electron chi connectivity index (χ4n) is 2.66. The molecule has 0 fully saturated rings. The second kappa shape index (κ2) is 5.61. The number of hydrogen-bond donors (Lipinski definition) is 3. The zero-order valence-electron chi connectivity index (χ0n) is 12.9. The minimum absolute atomic E-state index is 0.283. The SMILES string of the molecule is Cc1ccc2[nH]c(C(=O)Nc3ccccc3C(N)=O)c(C)c2c1. The quantitative estimate of drug-likeness (QED) is 0.694. The summed E-state index contributed by atoms with van der Waals surface area (Å²) in [6.45, 7) is 3.90. The molecule has 5 heteroatoms. The average Bonchev–Trinajstić information content (AvgIpc) is 2.84. The number of fused-ring (bicyclic) bond motifs is 1. The van der Waals surface area contributed by atoms with E-state index in [0.717, 1.165) is 22.0 Å². The van der Waals surface area contributed by atoms with Gasteiger partial charge in [0.2, 0.25) is 0 Å². The highest BCUT2D eigenvalue weighted by Gasteiger charge is 2.17. The summed E-state index contributed by atoms with van der Waals surface area (Å²) in [5, 5.41) is 3.77. The second-order valence-corrected chi connectivity index (χ2v) is 5.54. The van der Waals surface area contributed by atoms with Gasteiger partial charge in [0.05, 0.1) is 11.3 Å². The maximum Gasteiger partial charge on any atom is 0.272 e. The highest BCUT2D eigenvalue weighted by Crippen LogP contribution is 2.24. The zero-order chi connectivity index (χ0) is 16.6. The van der Waals surface area contributed by atoms with E-state index in [-0.39, 0.29) is 11.5 Å². The molecule has 0 aliphatic rings. The van der Waals surface area contributed by atoms with E-state index >= 15 is 0 Å². The Kier molecular flexibility index (Phi) is 3.62. The number of primary amides is 1. The monoisotopic (exact) mass is 307 g/mol. The molecule has 0 aliphatic heterocycles. The summed E-state index contributed by atoms with van der Waals surface area (Å²) < 4.78 is 0. The fraction of sp³-hybridized carbons (Fsp3) is 0.111. The lowest BCUT2D eigenvalue weighted by Crippen LogP contribution is -2.18. The van der Waals surface area contributed by atoms with Crippen molar-refractivity contribution in [1.82, 2.24) is 4.98 Å². The van der Waals surface area contributed by atoms with E-state index in [1.165, 1.54) is 0 Å². The molecule has 2 amide bonds. The van der Waals surface area contributed by atoms with E-state index < -0.39 is 5.91 Å². The van der Waals surface area contributed by atoms with E-state index in [9.17, 15) is 9.59 Å². The number of rotatable bonds is 3. The Labute approximate surface area is 133 Å².